The molecule has 0 aliphatic carbocycles. The number of aliphatic hydroxyl groups excluding tert-OH is 1. The predicted octanol–water partition coefficient (Wildman–Crippen LogP) is 1.11. The molecule has 0 saturated heterocycles. The highest BCUT2D eigenvalue weighted by atomic mass is 16.5. The molecule has 0 aromatic heterocycles. The van der Waals surface area contributed by atoms with Crippen LogP contribution in [0.3, 0.4) is 0 Å². The first-order valence-corrected chi connectivity index (χ1v) is 4.95. The van der Waals surface area contributed by atoms with Gasteiger partial charge in [0.2, 0.25) is 5.91 Å². The van der Waals surface area contributed by atoms with Gasteiger partial charge in [-0.25, -0.2) is 0 Å². The zero-order valence-corrected chi connectivity index (χ0v) is 9.06. The fourth-order valence-electron chi connectivity index (χ4n) is 1.23. The highest BCUT2D eigenvalue weighted by molar-refractivity contribution is 5.91. The Kier molecular flexibility index (Phi) is 4.60. The van der Waals surface area contributed by atoms with E-state index < -0.39 is 0 Å². The smallest absolute Gasteiger partial charge is 0.224 e. The Hall–Kier alpha value is -1.75. The third-order valence-electron chi connectivity index (χ3n) is 2.02. The van der Waals surface area contributed by atoms with E-state index in [0.717, 1.165) is 0 Å². The van der Waals surface area contributed by atoms with Gasteiger partial charge < -0.3 is 20.3 Å². The number of hydrogen-bond acceptors (Lipinski definition) is 4. The number of anilines is 1. The Balaban J connectivity index is 2.61. The maximum Gasteiger partial charge on any atom is 0.224 e. The second kappa shape index (κ2) is 5.97. The molecule has 0 unspecified atom stereocenters. The molecule has 0 saturated carbocycles. The first-order valence-electron chi connectivity index (χ1n) is 4.95. The summed E-state index contributed by atoms with van der Waals surface area (Å²) in [5.74, 6) is 0.134. The summed E-state index contributed by atoms with van der Waals surface area (Å²) in [5, 5.41) is 20.6. The van der Waals surface area contributed by atoms with Crippen molar-refractivity contribution in [3.05, 3.63) is 18.2 Å². The van der Waals surface area contributed by atoms with Gasteiger partial charge in [0, 0.05) is 24.8 Å². The molecule has 88 valence electrons. The molecule has 0 radical (unpaired) electrons. The normalized spacial score (nSPS) is 9.88. The van der Waals surface area contributed by atoms with Crippen molar-refractivity contribution >= 4 is 11.6 Å². The standard InChI is InChI=1S/C11H15NO4/c1-16-10-5-4-8(7-9(10)14)12-11(15)3-2-6-13/h4-5,7,13-14H,2-3,6H2,1H3,(H,12,15). The summed E-state index contributed by atoms with van der Waals surface area (Å²) >= 11 is 0. The molecule has 1 rings (SSSR count). The Morgan fingerprint density at radius 2 is 2.25 bits per heavy atom. The van der Waals surface area contributed by atoms with Gasteiger partial charge >= 0.3 is 0 Å². The van der Waals surface area contributed by atoms with Gasteiger partial charge in [-0.2, -0.15) is 0 Å². The SMILES string of the molecule is COc1ccc(NC(=O)CCCO)cc1O. The van der Waals surface area contributed by atoms with Crippen molar-refractivity contribution < 1.29 is 19.7 Å². The van der Waals surface area contributed by atoms with Crippen molar-refractivity contribution in [1.29, 1.82) is 0 Å². The zero-order chi connectivity index (χ0) is 12.0. The lowest BCUT2D eigenvalue weighted by molar-refractivity contribution is -0.116. The number of nitrogens with one attached hydrogen (secondary N) is 1. The van der Waals surface area contributed by atoms with Crippen LogP contribution < -0.4 is 10.1 Å². The molecule has 1 aromatic rings. The Morgan fingerprint density at radius 1 is 1.50 bits per heavy atom. The topological polar surface area (TPSA) is 78.8 Å². The van der Waals surface area contributed by atoms with Crippen molar-refractivity contribution in [3.8, 4) is 11.5 Å². The zero-order valence-electron chi connectivity index (χ0n) is 9.06. The predicted molar refractivity (Wildman–Crippen MR) is 59.6 cm³/mol. The molecule has 0 bridgehead atoms. The number of carbonyl (C=O) groups is 1. The van der Waals surface area contributed by atoms with E-state index in [2.05, 4.69) is 5.32 Å². The van der Waals surface area contributed by atoms with E-state index in [9.17, 15) is 9.90 Å². The summed E-state index contributed by atoms with van der Waals surface area (Å²) in [4.78, 5) is 11.3. The average molecular weight is 225 g/mol. The number of hydrogen-bond donors (Lipinski definition) is 3. The lowest BCUT2D eigenvalue weighted by atomic mass is 10.2. The number of ether oxygens (including phenoxy) is 1. The van der Waals surface area contributed by atoms with Gasteiger partial charge in [0.1, 0.15) is 0 Å². The number of methoxy groups -OCH3 is 1. The monoisotopic (exact) mass is 225 g/mol. The van der Waals surface area contributed by atoms with E-state index in [4.69, 9.17) is 9.84 Å². The van der Waals surface area contributed by atoms with E-state index in [1.54, 1.807) is 12.1 Å². The summed E-state index contributed by atoms with van der Waals surface area (Å²) < 4.78 is 4.87. The first-order chi connectivity index (χ1) is 7.67. The molecular formula is C11H15NO4. The summed E-state index contributed by atoms with van der Waals surface area (Å²) in [5.41, 5.74) is 0.501. The summed E-state index contributed by atoms with van der Waals surface area (Å²) in [6, 6.07) is 4.61. The van der Waals surface area contributed by atoms with Gasteiger partial charge in [-0.05, 0) is 18.6 Å². The largest absolute Gasteiger partial charge is 0.504 e. The van der Waals surface area contributed by atoms with Crippen LogP contribution in [0.4, 0.5) is 5.69 Å². The second-order valence-electron chi connectivity index (χ2n) is 3.26. The molecule has 1 amide bonds. The van der Waals surface area contributed by atoms with Crippen LogP contribution in [0.2, 0.25) is 0 Å². The molecule has 0 spiro atoms. The van der Waals surface area contributed by atoms with Crippen molar-refractivity contribution in [2.24, 2.45) is 0 Å². The van der Waals surface area contributed by atoms with E-state index in [1.807, 2.05) is 0 Å². The molecule has 16 heavy (non-hydrogen) atoms. The number of carbonyl (C=O) groups excluding carboxylic acids is 1. The third-order valence-corrected chi connectivity index (χ3v) is 2.02. The minimum absolute atomic E-state index is 0.0126. The summed E-state index contributed by atoms with van der Waals surface area (Å²) in [6.45, 7) is -0.0126. The molecule has 3 N–H and O–H groups in total. The van der Waals surface area contributed by atoms with E-state index >= 15 is 0 Å². The van der Waals surface area contributed by atoms with Crippen molar-refractivity contribution in [3.63, 3.8) is 0 Å². The Bertz CT molecular complexity index is 365. The fourth-order valence-corrected chi connectivity index (χ4v) is 1.23. The number of aliphatic hydroxyl groups is 1. The van der Waals surface area contributed by atoms with Crippen molar-refractivity contribution in [1.82, 2.24) is 0 Å². The molecule has 0 aliphatic rings. The summed E-state index contributed by atoms with van der Waals surface area (Å²) in [6.07, 6.45) is 0.678. The van der Waals surface area contributed by atoms with Gasteiger partial charge in [-0.15, -0.1) is 0 Å². The van der Waals surface area contributed by atoms with Gasteiger partial charge in [-0.1, -0.05) is 0 Å². The highest BCUT2D eigenvalue weighted by Gasteiger charge is 2.05. The molecule has 5 heteroatoms. The van der Waals surface area contributed by atoms with Gasteiger partial charge in [0.15, 0.2) is 11.5 Å². The first kappa shape index (κ1) is 12.3. The molecule has 1 aromatic carbocycles. The van der Waals surface area contributed by atoms with Gasteiger partial charge in [0.05, 0.1) is 7.11 Å². The van der Waals surface area contributed by atoms with E-state index in [1.165, 1.54) is 13.2 Å². The number of benzene rings is 1. The van der Waals surface area contributed by atoms with E-state index in [0.29, 0.717) is 17.9 Å². The van der Waals surface area contributed by atoms with Crippen LogP contribution in [0.1, 0.15) is 12.8 Å². The maximum atomic E-state index is 11.3. The highest BCUT2D eigenvalue weighted by Crippen LogP contribution is 2.28. The minimum Gasteiger partial charge on any atom is -0.504 e. The molecule has 0 atom stereocenters. The molecule has 0 aliphatic heterocycles. The van der Waals surface area contributed by atoms with Crippen molar-refractivity contribution in [2.45, 2.75) is 12.8 Å². The van der Waals surface area contributed by atoms with Crippen LogP contribution in [-0.2, 0) is 4.79 Å². The fraction of sp³-hybridized carbons (Fsp3) is 0.364. The molecule has 0 heterocycles. The van der Waals surface area contributed by atoms with Crippen LogP contribution in [0.15, 0.2) is 18.2 Å². The quantitative estimate of drug-likeness (QED) is 0.701. The molecular weight excluding hydrogens is 210 g/mol. The number of aromatic hydroxyl groups is 1. The average Bonchev–Trinajstić information content (AvgIpc) is 2.26. The number of rotatable bonds is 5. The maximum absolute atomic E-state index is 11.3. The lowest BCUT2D eigenvalue weighted by Crippen LogP contribution is -2.11. The third kappa shape index (κ3) is 3.43. The van der Waals surface area contributed by atoms with Crippen LogP contribution in [-0.4, -0.2) is 29.8 Å². The van der Waals surface area contributed by atoms with Crippen LogP contribution in [0.5, 0.6) is 11.5 Å². The van der Waals surface area contributed by atoms with Crippen LogP contribution >= 0.6 is 0 Å². The van der Waals surface area contributed by atoms with Crippen LogP contribution in [0, 0.1) is 0 Å². The van der Waals surface area contributed by atoms with Gasteiger partial charge in [0.25, 0.3) is 0 Å². The minimum atomic E-state index is -0.196. The molecule has 5 nitrogen and oxygen atoms in total. The second-order valence-corrected chi connectivity index (χ2v) is 3.26. The number of amides is 1. The van der Waals surface area contributed by atoms with Gasteiger partial charge in [-0.3, -0.25) is 4.79 Å². The van der Waals surface area contributed by atoms with E-state index in [-0.39, 0.29) is 24.7 Å². The van der Waals surface area contributed by atoms with Crippen LogP contribution in [0.25, 0.3) is 0 Å². The number of phenols is 1. The van der Waals surface area contributed by atoms with Crippen molar-refractivity contribution in [2.75, 3.05) is 19.0 Å². The molecule has 0 fully saturated rings. The Morgan fingerprint density at radius 3 is 2.81 bits per heavy atom. The number of phenolic OH excluding ortho intramolecular Hbond substituents is 1. The lowest BCUT2D eigenvalue weighted by Gasteiger charge is -2.07. The summed E-state index contributed by atoms with van der Waals surface area (Å²) in [7, 11) is 1.45. The Labute approximate surface area is 93.7 Å².